The minimum Gasteiger partial charge on any atom is -0.481 e. The van der Waals surface area contributed by atoms with Gasteiger partial charge in [-0.05, 0) is 23.0 Å². The number of hydrogen-bond acceptors (Lipinski definition) is 2. The van der Waals surface area contributed by atoms with Crippen LogP contribution in [0.1, 0.15) is 37.8 Å². The molecule has 1 aliphatic rings. The maximum absolute atomic E-state index is 12.3. The fourth-order valence-corrected chi connectivity index (χ4v) is 2.70. The van der Waals surface area contributed by atoms with Gasteiger partial charge in [0, 0.05) is 19.5 Å². The summed E-state index contributed by atoms with van der Waals surface area (Å²) in [7, 11) is 0. The molecule has 1 aliphatic heterocycles. The second-order valence-electron chi connectivity index (χ2n) is 6.25. The fraction of sp³-hybridized carbons (Fsp3) is 0.500. The Morgan fingerprint density at radius 2 is 1.85 bits per heavy atom. The first-order valence-corrected chi connectivity index (χ1v) is 6.94. The number of hydrogen-bond donors (Lipinski definition) is 1. The van der Waals surface area contributed by atoms with E-state index in [0.29, 0.717) is 6.54 Å². The number of carbonyl (C=O) groups is 2. The van der Waals surface area contributed by atoms with Crippen molar-refractivity contribution >= 4 is 11.9 Å². The molecule has 0 unspecified atom stereocenters. The standard InChI is InChI=1S/C16H21NO3/c1-16(2,10-15(19)20)9-14(18)17-8-7-12-5-3-4-6-13(12)11-17/h3-6H,7-11H2,1-2H3,(H,19,20). The van der Waals surface area contributed by atoms with E-state index in [2.05, 4.69) is 12.1 Å². The molecule has 1 amide bonds. The molecule has 1 heterocycles. The molecule has 0 spiro atoms. The van der Waals surface area contributed by atoms with Crippen LogP contribution >= 0.6 is 0 Å². The third-order valence-corrected chi connectivity index (χ3v) is 3.74. The summed E-state index contributed by atoms with van der Waals surface area (Å²) in [5, 5.41) is 8.88. The van der Waals surface area contributed by atoms with Crippen LogP contribution < -0.4 is 0 Å². The second-order valence-corrected chi connectivity index (χ2v) is 6.25. The maximum atomic E-state index is 12.3. The van der Waals surface area contributed by atoms with E-state index in [1.807, 2.05) is 30.9 Å². The third-order valence-electron chi connectivity index (χ3n) is 3.74. The Balaban J connectivity index is 2.00. The van der Waals surface area contributed by atoms with Gasteiger partial charge in [0.05, 0.1) is 6.42 Å². The number of nitrogens with zero attached hydrogens (tertiary/aromatic N) is 1. The number of rotatable bonds is 4. The predicted molar refractivity (Wildman–Crippen MR) is 76.2 cm³/mol. The van der Waals surface area contributed by atoms with Crippen LogP contribution in [0.15, 0.2) is 24.3 Å². The van der Waals surface area contributed by atoms with Crippen LogP contribution in [0.4, 0.5) is 0 Å². The van der Waals surface area contributed by atoms with Crippen molar-refractivity contribution in [3.8, 4) is 0 Å². The topological polar surface area (TPSA) is 57.6 Å². The molecule has 1 aromatic carbocycles. The van der Waals surface area contributed by atoms with E-state index in [1.54, 1.807) is 0 Å². The van der Waals surface area contributed by atoms with Crippen LogP contribution in [0.3, 0.4) is 0 Å². The third kappa shape index (κ3) is 3.59. The first kappa shape index (κ1) is 14.6. The van der Waals surface area contributed by atoms with Gasteiger partial charge in [-0.3, -0.25) is 9.59 Å². The first-order chi connectivity index (χ1) is 9.37. The highest BCUT2D eigenvalue weighted by Crippen LogP contribution is 2.27. The molecule has 20 heavy (non-hydrogen) atoms. The normalized spacial score (nSPS) is 14.8. The minimum atomic E-state index is -0.855. The van der Waals surface area contributed by atoms with Crippen molar-refractivity contribution in [2.75, 3.05) is 6.54 Å². The van der Waals surface area contributed by atoms with E-state index in [-0.39, 0.29) is 18.7 Å². The zero-order valence-corrected chi connectivity index (χ0v) is 12.1. The number of carbonyl (C=O) groups excluding carboxylic acids is 1. The zero-order valence-electron chi connectivity index (χ0n) is 12.1. The lowest BCUT2D eigenvalue weighted by molar-refractivity contribution is -0.141. The fourth-order valence-electron chi connectivity index (χ4n) is 2.70. The molecule has 1 aromatic rings. The molecule has 2 rings (SSSR count). The summed E-state index contributed by atoms with van der Waals surface area (Å²) in [5.41, 5.74) is 2.00. The minimum absolute atomic E-state index is 0.0170. The molecular weight excluding hydrogens is 254 g/mol. The van der Waals surface area contributed by atoms with Crippen molar-refractivity contribution in [1.29, 1.82) is 0 Å². The van der Waals surface area contributed by atoms with Gasteiger partial charge in [0.15, 0.2) is 0 Å². The van der Waals surface area contributed by atoms with Crippen molar-refractivity contribution in [2.24, 2.45) is 5.41 Å². The number of fused-ring (bicyclic) bond motifs is 1. The van der Waals surface area contributed by atoms with Crippen molar-refractivity contribution in [2.45, 2.75) is 39.7 Å². The Kier molecular flexibility index (Phi) is 4.12. The van der Waals surface area contributed by atoms with Gasteiger partial charge in [0.1, 0.15) is 0 Å². The highest BCUT2D eigenvalue weighted by molar-refractivity contribution is 5.78. The highest BCUT2D eigenvalue weighted by atomic mass is 16.4. The Labute approximate surface area is 119 Å². The largest absolute Gasteiger partial charge is 0.481 e. The summed E-state index contributed by atoms with van der Waals surface area (Å²) < 4.78 is 0. The highest BCUT2D eigenvalue weighted by Gasteiger charge is 2.29. The second kappa shape index (κ2) is 5.65. The van der Waals surface area contributed by atoms with Crippen LogP contribution in [-0.2, 0) is 22.6 Å². The van der Waals surface area contributed by atoms with Crippen LogP contribution in [0.25, 0.3) is 0 Å². The average Bonchev–Trinajstić information content (AvgIpc) is 2.36. The Morgan fingerprint density at radius 3 is 2.50 bits per heavy atom. The van der Waals surface area contributed by atoms with Crippen molar-refractivity contribution in [3.63, 3.8) is 0 Å². The molecule has 0 saturated carbocycles. The number of aliphatic carboxylic acids is 1. The van der Waals surface area contributed by atoms with Crippen molar-refractivity contribution < 1.29 is 14.7 Å². The SMILES string of the molecule is CC(C)(CC(=O)O)CC(=O)N1CCc2ccccc2C1. The molecule has 0 atom stereocenters. The van der Waals surface area contributed by atoms with Crippen LogP contribution in [0, 0.1) is 5.41 Å². The molecule has 0 aromatic heterocycles. The van der Waals surface area contributed by atoms with E-state index in [9.17, 15) is 9.59 Å². The van der Waals surface area contributed by atoms with Gasteiger partial charge >= 0.3 is 5.97 Å². The average molecular weight is 275 g/mol. The zero-order chi connectivity index (χ0) is 14.8. The Morgan fingerprint density at radius 1 is 1.20 bits per heavy atom. The van der Waals surface area contributed by atoms with Gasteiger partial charge in [-0.2, -0.15) is 0 Å². The van der Waals surface area contributed by atoms with Crippen molar-refractivity contribution in [3.05, 3.63) is 35.4 Å². The molecule has 1 N–H and O–H groups in total. The first-order valence-electron chi connectivity index (χ1n) is 6.94. The lowest BCUT2D eigenvalue weighted by atomic mass is 9.85. The summed E-state index contributed by atoms with van der Waals surface area (Å²) in [6.07, 6.45) is 1.17. The van der Waals surface area contributed by atoms with E-state index in [0.717, 1.165) is 13.0 Å². The van der Waals surface area contributed by atoms with Gasteiger partial charge in [-0.25, -0.2) is 0 Å². The van der Waals surface area contributed by atoms with E-state index < -0.39 is 11.4 Å². The van der Waals surface area contributed by atoms with E-state index in [1.165, 1.54) is 11.1 Å². The van der Waals surface area contributed by atoms with Gasteiger partial charge in [0.2, 0.25) is 5.91 Å². The van der Waals surface area contributed by atoms with Crippen LogP contribution in [0.2, 0.25) is 0 Å². The predicted octanol–water partition coefficient (Wildman–Crippen LogP) is 2.46. The molecule has 0 bridgehead atoms. The Hall–Kier alpha value is -1.84. The summed E-state index contributed by atoms with van der Waals surface area (Å²) in [6.45, 7) is 5.02. The number of carboxylic acid groups (broad SMARTS) is 1. The summed E-state index contributed by atoms with van der Waals surface area (Å²) in [4.78, 5) is 25.0. The maximum Gasteiger partial charge on any atom is 0.303 e. The Bertz CT molecular complexity index is 522. The number of carboxylic acids is 1. The van der Waals surface area contributed by atoms with Gasteiger partial charge in [0.25, 0.3) is 0 Å². The van der Waals surface area contributed by atoms with Crippen molar-refractivity contribution in [1.82, 2.24) is 4.90 Å². The monoisotopic (exact) mass is 275 g/mol. The molecule has 0 saturated heterocycles. The molecule has 0 fully saturated rings. The number of amides is 1. The molecule has 4 nitrogen and oxygen atoms in total. The molecule has 4 heteroatoms. The molecular formula is C16H21NO3. The van der Waals surface area contributed by atoms with Gasteiger partial charge < -0.3 is 10.0 Å². The lowest BCUT2D eigenvalue weighted by Crippen LogP contribution is -2.38. The van der Waals surface area contributed by atoms with E-state index in [4.69, 9.17) is 5.11 Å². The van der Waals surface area contributed by atoms with E-state index >= 15 is 0 Å². The molecule has 0 aliphatic carbocycles. The quantitative estimate of drug-likeness (QED) is 0.918. The van der Waals surface area contributed by atoms with Crippen LogP contribution in [-0.4, -0.2) is 28.4 Å². The van der Waals surface area contributed by atoms with Gasteiger partial charge in [-0.15, -0.1) is 0 Å². The smallest absolute Gasteiger partial charge is 0.303 e. The van der Waals surface area contributed by atoms with Crippen LogP contribution in [0.5, 0.6) is 0 Å². The summed E-state index contributed by atoms with van der Waals surface area (Å²) in [5.74, 6) is -0.808. The summed E-state index contributed by atoms with van der Waals surface area (Å²) >= 11 is 0. The number of benzene rings is 1. The van der Waals surface area contributed by atoms with Gasteiger partial charge in [-0.1, -0.05) is 38.1 Å². The summed E-state index contributed by atoms with van der Waals surface area (Å²) in [6, 6.07) is 8.16. The molecule has 0 radical (unpaired) electrons. The lowest BCUT2D eigenvalue weighted by Gasteiger charge is -2.32. The molecule has 108 valence electrons.